The molecule has 1 atom stereocenters. The first-order valence-electron chi connectivity index (χ1n) is 12.3. The zero-order chi connectivity index (χ0) is 24.3. The van der Waals surface area contributed by atoms with Crippen LogP contribution in [0.15, 0.2) is 18.2 Å². The number of halogens is 1. The van der Waals surface area contributed by atoms with Crippen molar-refractivity contribution >= 4 is 6.09 Å². The molecular weight excluding hydrogens is 435 g/mol. The van der Waals surface area contributed by atoms with E-state index in [2.05, 4.69) is 37.4 Å². The Morgan fingerprint density at radius 1 is 1.24 bits per heavy atom. The number of nitrogens with zero attached hydrogens (tertiary/aromatic N) is 4. The molecule has 0 aliphatic carbocycles. The first kappa shape index (κ1) is 23.1. The van der Waals surface area contributed by atoms with Crippen molar-refractivity contribution < 1.29 is 18.7 Å². The Balaban J connectivity index is 1.57. The molecule has 184 valence electrons. The summed E-state index contributed by atoms with van der Waals surface area (Å²) in [4.78, 5) is 21.6. The number of carbonyl (C=O) groups excluding carboxylic acids is 1. The zero-order valence-electron chi connectivity index (χ0n) is 20.9. The molecule has 2 aromatic rings. The molecule has 1 aromatic heterocycles. The highest BCUT2D eigenvalue weighted by Gasteiger charge is 2.49. The lowest BCUT2D eigenvalue weighted by Crippen LogP contribution is -2.50. The Morgan fingerprint density at radius 2 is 1.97 bits per heavy atom. The Kier molecular flexibility index (Phi) is 5.62. The van der Waals surface area contributed by atoms with Gasteiger partial charge in [0.1, 0.15) is 5.82 Å². The molecule has 7 nitrogen and oxygen atoms in total. The minimum atomic E-state index is -0.728. The predicted molar refractivity (Wildman–Crippen MR) is 127 cm³/mol. The molecule has 2 saturated heterocycles. The van der Waals surface area contributed by atoms with Crippen molar-refractivity contribution in [3.05, 3.63) is 35.5 Å². The minimum absolute atomic E-state index is 0.0819. The van der Waals surface area contributed by atoms with Crippen molar-refractivity contribution in [2.45, 2.75) is 63.5 Å². The lowest BCUT2D eigenvalue weighted by atomic mass is 9.82. The van der Waals surface area contributed by atoms with Crippen LogP contribution >= 0.6 is 0 Å². The summed E-state index contributed by atoms with van der Waals surface area (Å²) in [5.74, 6) is 1.26. The SMILES string of the molecule is CCOC(=O)N1CCC2(CC1)Oc1c(F)cccc1-c1nc([C@@H]3CCN(C)C(C)(C)C3)n(C)c12. The van der Waals surface area contributed by atoms with Gasteiger partial charge in [-0.25, -0.2) is 14.2 Å². The molecule has 0 radical (unpaired) electrons. The summed E-state index contributed by atoms with van der Waals surface area (Å²) in [7, 11) is 4.25. The van der Waals surface area contributed by atoms with Gasteiger partial charge >= 0.3 is 6.09 Å². The van der Waals surface area contributed by atoms with Crippen LogP contribution in [0, 0.1) is 5.82 Å². The van der Waals surface area contributed by atoms with Gasteiger partial charge in [0, 0.05) is 50.0 Å². The fraction of sp³-hybridized carbons (Fsp3) is 0.615. The molecule has 3 aliphatic heterocycles. The van der Waals surface area contributed by atoms with Crippen LogP contribution in [-0.2, 0) is 17.4 Å². The van der Waals surface area contributed by atoms with Crippen molar-refractivity contribution in [1.29, 1.82) is 0 Å². The number of carbonyl (C=O) groups is 1. The van der Waals surface area contributed by atoms with Crippen LogP contribution in [0.3, 0.4) is 0 Å². The van der Waals surface area contributed by atoms with Gasteiger partial charge in [-0.2, -0.15) is 0 Å². The summed E-state index contributed by atoms with van der Waals surface area (Å²) >= 11 is 0. The summed E-state index contributed by atoms with van der Waals surface area (Å²) in [5, 5.41) is 0. The number of piperidine rings is 2. The monoisotopic (exact) mass is 470 g/mol. The first-order chi connectivity index (χ1) is 16.2. The smallest absolute Gasteiger partial charge is 0.409 e. The normalized spacial score (nSPS) is 23.2. The third kappa shape index (κ3) is 3.58. The van der Waals surface area contributed by atoms with E-state index in [1.807, 2.05) is 6.07 Å². The number of ether oxygens (including phenoxy) is 2. The van der Waals surface area contributed by atoms with Crippen LogP contribution in [-0.4, -0.2) is 64.3 Å². The van der Waals surface area contributed by atoms with E-state index >= 15 is 0 Å². The number of fused-ring (bicyclic) bond motifs is 4. The van der Waals surface area contributed by atoms with E-state index in [4.69, 9.17) is 14.5 Å². The number of para-hydroxylation sites is 1. The zero-order valence-corrected chi connectivity index (χ0v) is 20.9. The van der Waals surface area contributed by atoms with Crippen LogP contribution in [0.1, 0.15) is 63.9 Å². The van der Waals surface area contributed by atoms with Gasteiger partial charge in [-0.3, -0.25) is 0 Å². The molecule has 0 bridgehead atoms. The highest BCUT2D eigenvalue weighted by Crippen LogP contribution is 2.51. The van der Waals surface area contributed by atoms with Gasteiger partial charge < -0.3 is 23.8 Å². The Morgan fingerprint density at radius 3 is 2.65 bits per heavy atom. The number of amides is 1. The summed E-state index contributed by atoms with van der Waals surface area (Å²) < 4.78 is 28.9. The van der Waals surface area contributed by atoms with Crippen LogP contribution in [0.25, 0.3) is 11.3 Å². The average molecular weight is 471 g/mol. The molecule has 34 heavy (non-hydrogen) atoms. The van der Waals surface area contributed by atoms with E-state index in [0.29, 0.717) is 44.0 Å². The second-order valence-corrected chi connectivity index (χ2v) is 10.5. The van der Waals surface area contributed by atoms with Gasteiger partial charge in [-0.05, 0) is 59.3 Å². The Labute approximate surface area is 200 Å². The molecule has 1 spiro atoms. The summed E-state index contributed by atoms with van der Waals surface area (Å²) in [5.41, 5.74) is 1.88. The molecule has 3 aliphatic rings. The van der Waals surface area contributed by atoms with E-state index in [0.717, 1.165) is 36.6 Å². The van der Waals surface area contributed by atoms with Crippen molar-refractivity contribution in [2.75, 3.05) is 33.3 Å². The second kappa shape index (κ2) is 8.26. The fourth-order valence-electron chi connectivity index (χ4n) is 5.97. The van der Waals surface area contributed by atoms with E-state index < -0.39 is 5.60 Å². The molecule has 0 saturated carbocycles. The number of aromatic nitrogens is 2. The maximum atomic E-state index is 15.0. The van der Waals surface area contributed by atoms with Crippen LogP contribution in [0.4, 0.5) is 9.18 Å². The van der Waals surface area contributed by atoms with Gasteiger partial charge in [0.15, 0.2) is 17.2 Å². The Hall–Kier alpha value is -2.61. The average Bonchev–Trinajstić information content (AvgIpc) is 3.16. The van der Waals surface area contributed by atoms with Crippen LogP contribution in [0.5, 0.6) is 5.75 Å². The number of benzene rings is 1. The highest BCUT2D eigenvalue weighted by molar-refractivity contribution is 5.74. The predicted octanol–water partition coefficient (Wildman–Crippen LogP) is 4.65. The van der Waals surface area contributed by atoms with Gasteiger partial charge in [0.25, 0.3) is 0 Å². The van der Waals surface area contributed by atoms with E-state index in [1.165, 1.54) is 6.07 Å². The molecule has 1 amide bonds. The quantitative estimate of drug-likeness (QED) is 0.639. The molecule has 8 heteroatoms. The van der Waals surface area contributed by atoms with E-state index in [1.54, 1.807) is 17.9 Å². The van der Waals surface area contributed by atoms with Crippen molar-refractivity contribution in [3.8, 4) is 17.0 Å². The lowest BCUT2D eigenvalue weighted by Gasteiger charge is -2.44. The third-order valence-corrected chi connectivity index (χ3v) is 8.14. The number of hydrogen-bond donors (Lipinski definition) is 0. The van der Waals surface area contributed by atoms with Crippen molar-refractivity contribution in [3.63, 3.8) is 0 Å². The maximum absolute atomic E-state index is 15.0. The maximum Gasteiger partial charge on any atom is 0.409 e. The standard InChI is InChI=1S/C26H35FN4O3/c1-6-33-24(32)31-14-11-26(12-15-31)22-20(18-8-7-9-19(27)21(18)34-26)28-23(30(22)5)17-10-13-29(4)25(2,3)16-17/h7-9,17H,6,10-16H2,1-5H3/t17-/m1/s1. The molecule has 0 unspecified atom stereocenters. The molecule has 2 fully saturated rings. The minimum Gasteiger partial charge on any atom is -0.477 e. The third-order valence-electron chi connectivity index (χ3n) is 8.14. The van der Waals surface area contributed by atoms with Gasteiger partial charge in [-0.15, -0.1) is 0 Å². The highest BCUT2D eigenvalue weighted by atomic mass is 19.1. The van der Waals surface area contributed by atoms with Crippen LogP contribution in [0.2, 0.25) is 0 Å². The number of rotatable bonds is 2. The molecule has 4 heterocycles. The summed E-state index contributed by atoms with van der Waals surface area (Å²) in [6, 6.07) is 5.05. The van der Waals surface area contributed by atoms with Crippen LogP contribution < -0.4 is 4.74 Å². The van der Waals surface area contributed by atoms with Crippen molar-refractivity contribution in [2.24, 2.45) is 7.05 Å². The fourth-order valence-corrected chi connectivity index (χ4v) is 5.97. The van der Waals surface area contributed by atoms with Gasteiger partial charge in [-0.1, -0.05) is 6.07 Å². The number of hydrogen-bond acceptors (Lipinski definition) is 5. The first-order valence-corrected chi connectivity index (χ1v) is 12.3. The Bertz CT molecular complexity index is 1100. The molecule has 5 rings (SSSR count). The van der Waals surface area contributed by atoms with Gasteiger partial charge in [0.2, 0.25) is 0 Å². The van der Waals surface area contributed by atoms with E-state index in [-0.39, 0.29) is 23.2 Å². The number of likely N-dealkylation sites (tertiary alicyclic amines) is 2. The van der Waals surface area contributed by atoms with Crippen molar-refractivity contribution in [1.82, 2.24) is 19.4 Å². The lowest BCUT2D eigenvalue weighted by molar-refractivity contribution is -0.0128. The number of imidazole rings is 1. The second-order valence-electron chi connectivity index (χ2n) is 10.5. The summed E-state index contributed by atoms with van der Waals surface area (Å²) in [6.07, 6.45) is 2.85. The summed E-state index contributed by atoms with van der Waals surface area (Å²) in [6.45, 7) is 8.70. The molecular formula is C26H35FN4O3. The molecule has 0 N–H and O–H groups in total. The molecule has 1 aromatic carbocycles. The van der Waals surface area contributed by atoms with Gasteiger partial charge in [0.05, 0.1) is 18.0 Å². The topological polar surface area (TPSA) is 59.8 Å². The van der Waals surface area contributed by atoms with E-state index in [9.17, 15) is 9.18 Å². The largest absolute Gasteiger partial charge is 0.477 e.